The zero-order chi connectivity index (χ0) is 13.1. The maximum atomic E-state index is 13.5. The van der Waals surface area contributed by atoms with E-state index in [1.54, 1.807) is 18.2 Å². The van der Waals surface area contributed by atoms with Gasteiger partial charge in [-0.2, -0.15) is 0 Å². The molecule has 3 atom stereocenters. The fourth-order valence-corrected chi connectivity index (χ4v) is 2.81. The third kappa shape index (κ3) is 2.98. The van der Waals surface area contributed by atoms with E-state index in [1.165, 1.54) is 6.07 Å². The van der Waals surface area contributed by atoms with Crippen LogP contribution in [0.2, 0.25) is 0 Å². The second-order valence-corrected chi connectivity index (χ2v) is 5.70. The number of carbonyl (C=O) groups is 1. The summed E-state index contributed by atoms with van der Waals surface area (Å²) >= 11 is 0. The number of Topliss-reactive ketones (excluding diaryl/α,β-unsaturated/α-hetero) is 1. The first-order valence-corrected chi connectivity index (χ1v) is 6.84. The Morgan fingerprint density at radius 3 is 2.61 bits per heavy atom. The standard InChI is InChI=1S/C16H21FO/c1-11-7-8-14(9-12(11)2)16(18)10-13-5-3-4-6-15(13)17/h3-6,11-12,14H,7-10H2,1-2H3. The Balaban J connectivity index is 1.99. The number of hydrogen-bond acceptors (Lipinski definition) is 1. The van der Waals surface area contributed by atoms with Crippen LogP contribution in [0, 0.1) is 23.6 Å². The van der Waals surface area contributed by atoms with Crippen molar-refractivity contribution in [2.75, 3.05) is 0 Å². The molecule has 0 bridgehead atoms. The van der Waals surface area contributed by atoms with Gasteiger partial charge in [-0.1, -0.05) is 32.0 Å². The molecule has 0 spiro atoms. The van der Waals surface area contributed by atoms with E-state index < -0.39 is 0 Å². The van der Waals surface area contributed by atoms with Gasteiger partial charge in [0.15, 0.2) is 0 Å². The Bertz CT molecular complexity index is 427. The van der Waals surface area contributed by atoms with Gasteiger partial charge in [0.2, 0.25) is 0 Å². The van der Waals surface area contributed by atoms with Crippen LogP contribution in [0.4, 0.5) is 4.39 Å². The van der Waals surface area contributed by atoms with Crippen molar-refractivity contribution >= 4 is 5.78 Å². The van der Waals surface area contributed by atoms with Gasteiger partial charge in [0.05, 0.1) is 0 Å². The molecular weight excluding hydrogens is 227 g/mol. The number of hydrogen-bond donors (Lipinski definition) is 0. The first-order valence-electron chi connectivity index (χ1n) is 6.84. The summed E-state index contributed by atoms with van der Waals surface area (Å²) in [6.45, 7) is 4.47. The van der Waals surface area contributed by atoms with Gasteiger partial charge < -0.3 is 0 Å². The molecule has 0 aliphatic heterocycles. The average molecular weight is 248 g/mol. The summed E-state index contributed by atoms with van der Waals surface area (Å²) in [5.74, 6) is 1.40. The third-order valence-corrected chi connectivity index (χ3v) is 4.38. The van der Waals surface area contributed by atoms with Crippen LogP contribution in [0.3, 0.4) is 0 Å². The summed E-state index contributed by atoms with van der Waals surface area (Å²) in [5.41, 5.74) is 0.536. The first kappa shape index (κ1) is 13.3. The highest BCUT2D eigenvalue weighted by Crippen LogP contribution is 2.34. The molecule has 98 valence electrons. The Morgan fingerprint density at radius 1 is 1.22 bits per heavy atom. The van der Waals surface area contributed by atoms with Crippen LogP contribution in [0.5, 0.6) is 0 Å². The van der Waals surface area contributed by atoms with Crippen LogP contribution in [-0.2, 0) is 11.2 Å². The Hall–Kier alpha value is -1.18. The molecule has 1 aliphatic carbocycles. The van der Waals surface area contributed by atoms with Crippen LogP contribution in [0.25, 0.3) is 0 Å². The number of ketones is 1. The fraction of sp³-hybridized carbons (Fsp3) is 0.562. The SMILES string of the molecule is CC1CCC(C(=O)Cc2ccccc2F)CC1C. The van der Waals surface area contributed by atoms with Crippen LogP contribution in [0.15, 0.2) is 24.3 Å². The Kier molecular flexibility index (Phi) is 4.15. The molecule has 0 saturated heterocycles. The summed E-state index contributed by atoms with van der Waals surface area (Å²) < 4.78 is 13.5. The lowest BCUT2D eigenvalue weighted by Crippen LogP contribution is -2.27. The lowest BCUT2D eigenvalue weighted by Gasteiger charge is -2.31. The zero-order valence-electron chi connectivity index (χ0n) is 11.2. The minimum atomic E-state index is -0.261. The predicted molar refractivity (Wildman–Crippen MR) is 70.8 cm³/mol. The molecule has 1 saturated carbocycles. The van der Waals surface area contributed by atoms with Crippen molar-refractivity contribution in [3.63, 3.8) is 0 Å². The molecule has 0 aromatic heterocycles. The second-order valence-electron chi connectivity index (χ2n) is 5.70. The van der Waals surface area contributed by atoms with Crippen molar-refractivity contribution in [1.29, 1.82) is 0 Å². The van der Waals surface area contributed by atoms with E-state index in [2.05, 4.69) is 13.8 Å². The number of rotatable bonds is 3. The zero-order valence-corrected chi connectivity index (χ0v) is 11.2. The van der Waals surface area contributed by atoms with Crippen molar-refractivity contribution in [2.45, 2.75) is 39.5 Å². The maximum absolute atomic E-state index is 13.5. The van der Waals surface area contributed by atoms with Crippen molar-refractivity contribution in [1.82, 2.24) is 0 Å². The van der Waals surface area contributed by atoms with Crippen molar-refractivity contribution in [3.05, 3.63) is 35.6 Å². The molecule has 0 radical (unpaired) electrons. The van der Waals surface area contributed by atoms with Crippen molar-refractivity contribution < 1.29 is 9.18 Å². The Labute approximate surface area is 108 Å². The predicted octanol–water partition coefficient (Wildman–Crippen LogP) is 4.01. The molecule has 2 heteroatoms. The largest absolute Gasteiger partial charge is 0.299 e. The van der Waals surface area contributed by atoms with Gasteiger partial charge in [-0.25, -0.2) is 4.39 Å². The minimum absolute atomic E-state index is 0.135. The summed E-state index contributed by atoms with van der Waals surface area (Å²) in [6, 6.07) is 6.58. The molecule has 2 rings (SSSR count). The van der Waals surface area contributed by atoms with E-state index in [0.717, 1.165) is 19.3 Å². The van der Waals surface area contributed by atoms with Crippen LogP contribution in [-0.4, -0.2) is 5.78 Å². The van der Waals surface area contributed by atoms with Crippen molar-refractivity contribution in [2.24, 2.45) is 17.8 Å². The maximum Gasteiger partial charge on any atom is 0.140 e. The highest BCUT2D eigenvalue weighted by Gasteiger charge is 2.29. The smallest absolute Gasteiger partial charge is 0.140 e. The summed E-state index contributed by atoms with van der Waals surface area (Å²) in [4.78, 5) is 12.2. The molecule has 0 amide bonds. The molecular formula is C16H21FO. The molecule has 1 nitrogen and oxygen atoms in total. The lowest BCUT2D eigenvalue weighted by molar-refractivity contribution is -0.124. The normalized spacial score (nSPS) is 28.1. The van der Waals surface area contributed by atoms with Gasteiger partial charge in [0.25, 0.3) is 0 Å². The highest BCUT2D eigenvalue weighted by molar-refractivity contribution is 5.83. The van der Waals surface area contributed by atoms with E-state index in [1.807, 2.05) is 0 Å². The molecule has 1 aromatic carbocycles. The van der Waals surface area contributed by atoms with E-state index >= 15 is 0 Å². The van der Waals surface area contributed by atoms with Gasteiger partial charge in [-0.05, 0) is 42.7 Å². The monoisotopic (exact) mass is 248 g/mol. The molecule has 1 aliphatic rings. The van der Waals surface area contributed by atoms with Gasteiger partial charge in [0.1, 0.15) is 11.6 Å². The summed E-state index contributed by atoms with van der Waals surface area (Å²) in [6.07, 6.45) is 3.31. The summed E-state index contributed by atoms with van der Waals surface area (Å²) in [5, 5.41) is 0. The molecule has 0 N–H and O–H groups in total. The van der Waals surface area contributed by atoms with Crippen molar-refractivity contribution in [3.8, 4) is 0 Å². The minimum Gasteiger partial charge on any atom is -0.299 e. The average Bonchev–Trinajstić information content (AvgIpc) is 2.35. The summed E-state index contributed by atoms with van der Waals surface area (Å²) in [7, 11) is 0. The number of benzene rings is 1. The lowest BCUT2D eigenvalue weighted by atomic mass is 9.73. The second kappa shape index (κ2) is 5.64. The highest BCUT2D eigenvalue weighted by atomic mass is 19.1. The molecule has 18 heavy (non-hydrogen) atoms. The molecule has 3 unspecified atom stereocenters. The third-order valence-electron chi connectivity index (χ3n) is 4.38. The van der Waals surface area contributed by atoms with Crippen LogP contribution in [0.1, 0.15) is 38.7 Å². The first-order chi connectivity index (χ1) is 8.58. The molecule has 1 aromatic rings. The van der Waals surface area contributed by atoms with Gasteiger partial charge in [-0.3, -0.25) is 4.79 Å². The fourth-order valence-electron chi connectivity index (χ4n) is 2.81. The number of carbonyl (C=O) groups excluding carboxylic acids is 1. The quantitative estimate of drug-likeness (QED) is 0.790. The topological polar surface area (TPSA) is 17.1 Å². The molecule has 1 fully saturated rings. The van der Waals surface area contributed by atoms with E-state index in [9.17, 15) is 9.18 Å². The Morgan fingerprint density at radius 2 is 1.94 bits per heavy atom. The van der Waals surface area contributed by atoms with Gasteiger partial charge >= 0.3 is 0 Å². The molecule has 0 heterocycles. The van der Waals surface area contributed by atoms with E-state index in [0.29, 0.717) is 17.4 Å². The van der Waals surface area contributed by atoms with Crippen LogP contribution < -0.4 is 0 Å². The van der Waals surface area contributed by atoms with E-state index in [4.69, 9.17) is 0 Å². The van der Waals surface area contributed by atoms with Gasteiger partial charge in [-0.15, -0.1) is 0 Å². The van der Waals surface area contributed by atoms with E-state index in [-0.39, 0.29) is 23.9 Å². The van der Waals surface area contributed by atoms with Crippen LogP contribution >= 0.6 is 0 Å². The van der Waals surface area contributed by atoms with Gasteiger partial charge in [0, 0.05) is 12.3 Å². The number of halogens is 1.